The predicted octanol–water partition coefficient (Wildman–Crippen LogP) is 5.21. The summed E-state index contributed by atoms with van der Waals surface area (Å²) >= 11 is 1.58. The van der Waals surface area contributed by atoms with E-state index < -0.39 is 54.6 Å². The van der Waals surface area contributed by atoms with Crippen LogP contribution in [0.3, 0.4) is 0 Å². The van der Waals surface area contributed by atoms with Gasteiger partial charge in [0.15, 0.2) is 12.2 Å². The van der Waals surface area contributed by atoms with Crippen molar-refractivity contribution in [3.63, 3.8) is 0 Å². The van der Waals surface area contributed by atoms with Crippen LogP contribution in [0.25, 0.3) is 10.4 Å². The van der Waals surface area contributed by atoms with Crippen LogP contribution < -0.4 is 0 Å². The second-order valence-electron chi connectivity index (χ2n) is 9.89. The number of carbonyl (C=O) groups is 4. The van der Waals surface area contributed by atoms with Crippen molar-refractivity contribution in [1.82, 2.24) is 0 Å². The molecule has 42 heavy (non-hydrogen) atoms. The highest BCUT2D eigenvalue weighted by molar-refractivity contribution is 7.15. The van der Waals surface area contributed by atoms with Gasteiger partial charge in [-0.05, 0) is 53.4 Å². The van der Waals surface area contributed by atoms with E-state index in [0.717, 1.165) is 47.2 Å². The Balaban J connectivity index is 1.70. The second-order valence-corrected chi connectivity index (χ2v) is 11.1. The van der Waals surface area contributed by atoms with Gasteiger partial charge in [0.2, 0.25) is 12.4 Å². The van der Waals surface area contributed by atoms with Crippen LogP contribution in [-0.4, -0.2) is 48.5 Å². The topological polar surface area (TPSA) is 114 Å². The molecule has 0 N–H and O–H groups in total. The molecule has 5 atom stereocenters. The summed E-state index contributed by atoms with van der Waals surface area (Å²) in [4.78, 5) is 50.2. The van der Waals surface area contributed by atoms with Crippen LogP contribution in [0.1, 0.15) is 55.4 Å². The summed E-state index contributed by atoms with van der Waals surface area (Å²) in [6, 6.07) is 15.8. The fraction of sp³-hybridized carbons (Fsp3) is 0.355. The van der Waals surface area contributed by atoms with E-state index >= 15 is 0 Å². The molecule has 3 aromatic rings. The van der Waals surface area contributed by atoms with Crippen molar-refractivity contribution in [2.24, 2.45) is 0 Å². The molecule has 1 aromatic heterocycles. The molecule has 0 spiro atoms. The van der Waals surface area contributed by atoms with E-state index in [-0.39, 0.29) is 5.82 Å². The quantitative estimate of drug-likeness (QED) is 0.255. The minimum Gasteiger partial charge on any atom is -0.455 e. The Kier molecular flexibility index (Phi) is 9.74. The smallest absolute Gasteiger partial charge is 0.305 e. The van der Waals surface area contributed by atoms with Gasteiger partial charge >= 0.3 is 23.9 Å². The van der Waals surface area contributed by atoms with Crippen molar-refractivity contribution >= 4 is 35.2 Å². The van der Waals surface area contributed by atoms with Crippen molar-refractivity contribution in [2.75, 3.05) is 0 Å². The van der Waals surface area contributed by atoms with Crippen molar-refractivity contribution in [2.45, 2.75) is 71.7 Å². The Hall–Kier alpha value is -4.09. The Labute approximate surface area is 246 Å². The minimum atomic E-state index is -1.45. The molecule has 0 unspecified atom stereocenters. The van der Waals surface area contributed by atoms with Crippen LogP contribution in [0, 0.1) is 12.7 Å². The van der Waals surface area contributed by atoms with E-state index in [9.17, 15) is 23.6 Å². The van der Waals surface area contributed by atoms with Crippen molar-refractivity contribution < 1.29 is 47.3 Å². The maximum Gasteiger partial charge on any atom is 0.305 e. The van der Waals surface area contributed by atoms with E-state index in [0.29, 0.717) is 12.0 Å². The van der Waals surface area contributed by atoms with Gasteiger partial charge in [-0.25, -0.2) is 4.39 Å². The van der Waals surface area contributed by atoms with Crippen LogP contribution in [-0.2, 0) is 49.3 Å². The maximum absolute atomic E-state index is 13.4. The number of hydrogen-bond donors (Lipinski definition) is 0. The standard InChI is InChI=1S/C31H31FO9S/c1-16-6-7-22(14-23(16)15-25-12-13-26(42-25)21-8-10-24(32)11-9-21)27-28(37-17(2)33)29(38-18(3)34)30(39-19(4)35)31(41-27)40-20(5)36/h6-14,27-31H,15H2,1-5H3/t27-,28-,29+,30-,31-/m0/s1. The lowest BCUT2D eigenvalue weighted by Crippen LogP contribution is -2.59. The lowest BCUT2D eigenvalue weighted by Gasteiger charge is -2.44. The first-order chi connectivity index (χ1) is 19.9. The first-order valence-corrected chi connectivity index (χ1v) is 14.0. The number of aryl methyl sites for hydroxylation is 1. The molecule has 9 nitrogen and oxygen atoms in total. The number of thiophene rings is 1. The zero-order chi connectivity index (χ0) is 30.6. The fourth-order valence-corrected chi connectivity index (χ4v) is 5.83. The summed E-state index contributed by atoms with van der Waals surface area (Å²) in [5.74, 6) is -3.17. The van der Waals surface area contributed by atoms with Gasteiger partial charge in [-0.2, -0.15) is 0 Å². The summed E-state index contributed by atoms with van der Waals surface area (Å²) in [5.41, 5.74) is 3.41. The van der Waals surface area contributed by atoms with Crippen molar-refractivity contribution in [3.8, 4) is 10.4 Å². The van der Waals surface area contributed by atoms with E-state index in [1.54, 1.807) is 29.5 Å². The maximum atomic E-state index is 13.4. The Morgan fingerprint density at radius 1 is 0.762 bits per heavy atom. The number of rotatable bonds is 8. The summed E-state index contributed by atoms with van der Waals surface area (Å²) in [6.45, 7) is 6.61. The average molecular weight is 599 g/mol. The van der Waals surface area contributed by atoms with Gasteiger partial charge in [-0.15, -0.1) is 11.3 Å². The largest absolute Gasteiger partial charge is 0.455 e. The van der Waals surface area contributed by atoms with Crippen LogP contribution in [0.15, 0.2) is 54.6 Å². The molecule has 4 rings (SSSR count). The molecule has 0 amide bonds. The molecule has 0 bridgehead atoms. The van der Waals surface area contributed by atoms with E-state index in [4.69, 9.17) is 23.7 Å². The Morgan fingerprint density at radius 2 is 1.36 bits per heavy atom. The molecular formula is C31H31FO9S. The number of ether oxygens (including phenoxy) is 5. The minimum absolute atomic E-state index is 0.300. The normalized spacial score (nSPS) is 21.7. The lowest BCUT2D eigenvalue weighted by atomic mass is 9.90. The first kappa shape index (κ1) is 30.9. The molecule has 2 aromatic carbocycles. The number of esters is 4. The van der Waals surface area contributed by atoms with Gasteiger partial charge in [0, 0.05) is 43.9 Å². The van der Waals surface area contributed by atoms with Gasteiger partial charge in [0.25, 0.3) is 0 Å². The molecule has 1 aliphatic rings. The molecule has 0 saturated carbocycles. The summed E-state index contributed by atoms with van der Waals surface area (Å²) in [7, 11) is 0. The van der Waals surface area contributed by atoms with Crippen LogP contribution in [0.2, 0.25) is 0 Å². The van der Waals surface area contributed by atoms with Gasteiger partial charge in [-0.3, -0.25) is 19.2 Å². The third-order valence-electron chi connectivity index (χ3n) is 6.54. The van der Waals surface area contributed by atoms with E-state index in [1.165, 1.54) is 19.1 Å². The van der Waals surface area contributed by atoms with E-state index in [1.807, 2.05) is 31.2 Å². The highest BCUT2D eigenvalue weighted by Gasteiger charge is 2.53. The Bertz CT molecular complexity index is 1470. The molecule has 0 aliphatic carbocycles. The predicted molar refractivity (Wildman–Crippen MR) is 150 cm³/mol. The third kappa shape index (κ3) is 7.59. The molecule has 222 valence electrons. The second kappa shape index (κ2) is 13.3. The zero-order valence-electron chi connectivity index (χ0n) is 23.8. The summed E-state index contributed by atoms with van der Waals surface area (Å²) < 4.78 is 41.3. The lowest BCUT2D eigenvalue weighted by molar-refractivity contribution is -0.298. The SMILES string of the molecule is CC(=O)O[C@H]1O[C@@H](c2ccc(C)c(Cc3ccc(-c4ccc(F)cc4)s3)c2)[C@H](OC(C)=O)[C@@H](OC(C)=O)[C@@H]1OC(C)=O. The van der Waals surface area contributed by atoms with E-state index in [2.05, 4.69) is 0 Å². The number of carbonyl (C=O) groups excluding carboxylic acids is 4. The average Bonchev–Trinajstić information content (AvgIpc) is 3.36. The van der Waals surface area contributed by atoms with Gasteiger partial charge in [0.1, 0.15) is 11.9 Å². The van der Waals surface area contributed by atoms with Crippen LogP contribution in [0.5, 0.6) is 0 Å². The molecular weight excluding hydrogens is 567 g/mol. The van der Waals surface area contributed by atoms with Crippen LogP contribution >= 0.6 is 11.3 Å². The number of hydrogen-bond acceptors (Lipinski definition) is 10. The van der Waals surface area contributed by atoms with Gasteiger partial charge in [-0.1, -0.05) is 30.3 Å². The van der Waals surface area contributed by atoms with Crippen molar-refractivity contribution in [1.29, 1.82) is 0 Å². The molecule has 2 heterocycles. The molecule has 0 radical (unpaired) electrons. The van der Waals surface area contributed by atoms with Gasteiger partial charge in [0.05, 0.1) is 0 Å². The zero-order valence-corrected chi connectivity index (χ0v) is 24.6. The number of benzene rings is 2. The van der Waals surface area contributed by atoms with Crippen molar-refractivity contribution in [3.05, 3.63) is 82.0 Å². The molecule has 11 heteroatoms. The van der Waals surface area contributed by atoms with Gasteiger partial charge < -0.3 is 23.7 Å². The monoisotopic (exact) mass is 598 g/mol. The molecule has 1 saturated heterocycles. The third-order valence-corrected chi connectivity index (χ3v) is 7.67. The first-order valence-electron chi connectivity index (χ1n) is 13.2. The molecule has 1 aliphatic heterocycles. The summed E-state index contributed by atoms with van der Waals surface area (Å²) in [5, 5.41) is 0. The Morgan fingerprint density at radius 3 is 1.98 bits per heavy atom. The highest BCUT2D eigenvalue weighted by Crippen LogP contribution is 2.39. The highest BCUT2D eigenvalue weighted by atomic mass is 32.1. The fourth-order valence-electron chi connectivity index (χ4n) is 4.79. The van der Waals surface area contributed by atoms with Crippen LogP contribution in [0.4, 0.5) is 4.39 Å². The number of halogens is 1. The molecule has 1 fully saturated rings. The summed E-state index contributed by atoms with van der Waals surface area (Å²) in [6.07, 6.45) is -5.90.